The van der Waals surface area contributed by atoms with Gasteiger partial charge in [-0.1, -0.05) is 36.4 Å². The van der Waals surface area contributed by atoms with Gasteiger partial charge in [-0.05, 0) is 58.7 Å². The topological polar surface area (TPSA) is 55.8 Å². The molecule has 4 rings (SSSR count). The normalized spacial score (nSPS) is 13.2. The molecule has 172 valence electrons. The molecule has 0 saturated heterocycles. The molecule has 0 spiro atoms. The number of benzene rings is 3. The number of amides is 1. The third-order valence-electron chi connectivity index (χ3n) is 5.71. The van der Waals surface area contributed by atoms with Crippen LogP contribution in [0.15, 0.2) is 42.5 Å². The van der Waals surface area contributed by atoms with Crippen LogP contribution < -0.4 is 14.4 Å². The maximum atomic E-state index is 13.8. The average molecular weight is 446 g/mol. The number of Topliss-reactive ketones (excluding diaryl/α,β-unsaturated/α-hetero) is 1. The van der Waals surface area contributed by atoms with Crippen LogP contribution in [0.2, 0.25) is 0 Å². The lowest BCUT2D eigenvalue weighted by atomic mass is 9.99. The van der Waals surface area contributed by atoms with Crippen LogP contribution in [0.25, 0.3) is 10.8 Å². The number of carbonyl (C=O) groups is 2. The van der Waals surface area contributed by atoms with E-state index in [9.17, 15) is 9.59 Å². The Labute approximate surface area is 195 Å². The van der Waals surface area contributed by atoms with Crippen molar-refractivity contribution < 1.29 is 19.1 Å². The van der Waals surface area contributed by atoms with Gasteiger partial charge in [0.1, 0.15) is 17.3 Å². The van der Waals surface area contributed by atoms with Crippen molar-refractivity contribution in [3.63, 3.8) is 0 Å². The fourth-order valence-electron chi connectivity index (χ4n) is 4.51. The minimum absolute atomic E-state index is 0.0360. The molecule has 5 nitrogen and oxygen atoms in total. The van der Waals surface area contributed by atoms with E-state index in [0.717, 1.165) is 38.9 Å². The van der Waals surface area contributed by atoms with E-state index in [-0.39, 0.29) is 23.9 Å². The summed E-state index contributed by atoms with van der Waals surface area (Å²) >= 11 is 0. The highest BCUT2D eigenvalue weighted by Crippen LogP contribution is 2.47. The second-order valence-corrected chi connectivity index (χ2v) is 9.28. The van der Waals surface area contributed by atoms with Crippen molar-refractivity contribution in [1.82, 2.24) is 0 Å². The minimum atomic E-state index is -0.0950. The summed E-state index contributed by atoms with van der Waals surface area (Å²) in [5.41, 5.74) is 4.17. The molecule has 1 aliphatic heterocycles. The lowest BCUT2D eigenvalue weighted by Gasteiger charge is -2.20. The molecule has 0 N–H and O–H groups in total. The van der Waals surface area contributed by atoms with E-state index in [1.807, 2.05) is 77.1 Å². The van der Waals surface area contributed by atoms with Gasteiger partial charge in [-0.25, -0.2) is 0 Å². The molecular weight excluding hydrogens is 414 g/mol. The second kappa shape index (κ2) is 8.89. The van der Waals surface area contributed by atoms with Crippen molar-refractivity contribution in [3.05, 3.63) is 64.7 Å². The molecule has 0 aromatic heterocycles. The van der Waals surface area contributed by atoms with Gasteiger partial charge in [0.05, 0.1) is 24.3 Å². The summed E-state index contributed by atoms with van der Waals surface area (Å²) in [6.45, 7) is 11.9. The van der Waals surface area contributed by atoms with Gasteiger partial charge >= 0.3 is 0 Å². The van der Waals surface area contributed by atoms with Crippen LogP contribution in [0.3, 0.4) is 0 Å². The van der Waals surface area contributed by atoms with Gasteiger partial charge in [0.15, 0.2) is 0 Å². The highest BCUT2D eigenvalue weighted by atomic mass is 16.5. The standard InChI is InChI=1S/C28H31NO4/c1-16(2)32-26-21-9-7-8-10-22(21)27(33-17(3)4)25-23(26)15-29(28(25)31)24-12-11-20(13-18(24)5)14-19(6)30/h7-13,16-17H,14-15H2,1-6H3. The highest BCUT2D eigenvalue weighted by molar-refractivity contribution is 6.17. The molecule has 5 heteroatoms. The Kier molecular flexibility index (Phi) is 6.15. The van der Waals surface area contributed by atoms with Crippen LogP contribution >= 0.6 is 0 Å². The number of ketones is 1. The smallest absolute Gasteiger partial charge is 0.262 e. The third-order valence-corrected chi connectivity index (χ3v) is 5.71. The van der Waals surface area contributed by atoms with Crippen LogP contribution in [0, 0.1) is 6.92 Å². The Hall–Kier alpha value is -3.34. The van der Waals surface area contributed by atoms with Gasteiger partial charge in [-0.2, -0.15) is 0 Å². The largest absolute Gasteiger partial charge is 0.490 e. The molecule has 3 aromatic carbocycles. The summed E-state index contributed by atoms with van der Waals surface area (Å²) in [6, 6.07) is 13.8. The number of aryl methyl sites for hydroxylation is 1. The molecule has 0 radical (unpaired) electrons. The summed E-state index contributed by atoms with van der Waals surface area (Å²) < 4.78 is 12.5. The van der Waals surface area contributed by atoms with Gasteiger partial charge in [-0.3, -0.25) is 9.59 Å². The number of hydrogen-bond donors (Lipinski definition) is 0. The summed E-state index contributed by atoms with van der Waals surface area (Å²) in [6.07, 6.45) is 0.273. The van der Waals surface area contributed by atoms with Crippen LogP contribution in [0.5, 0.6) is 11.5 Å². The average Bonchev–Trinajstić information content (AvgIpc) is 3.06. The van der Waals surface area contributed by atoms with E-state index in [4.69, 9.17) is 9.47 Å². The zero-order valence-electron chi connectivity index (χ0n) is 20.2. The summed E-state index contributed by atoms with van der Waals surface area (Å²) in [5, 5.41) is 1.83. The van der Waals surface area contributed by atoms with E-state index < -0.39 is 0 Å². The van der Waals surface area contributed by atoms with Crippen LogP contribution in [-0.2, 0) is 17.8 Å². The zero-order chi connectivity index (χ0) is 23.9. The third kappa shape index (κ3) is 4.32. The number of nitrogens with zero attached hydrogens (tertiary/aromatic N) is 1. The minimum Gasteiger partial charge on any atom is -0.490 e. The lowest BCUT2D eigenvalue weighted by molar-refractivity contribution is -0.116. The van der Waals surface area contributed by atoms with E-state index >= 15 is 0 Å². The first kappa shape index (κ1) is 22.8. The number of anilines is 1. The molecule has 1 amide bonds. The summed E-state index contributed by atoms with van der Waals surface area (Å²) in [4.78, 5) is 27.2. The van der Waals surface area contributed by atoms with E-state index in [0.29, 0.717) is 24.3 Å². The first-order valence-corrected chi connectivity index (χ1v) is 11.5. The molecule has 0 bridgehead atoms. The predicted molar refractivity (Wildman–Crippen MR) is 132 cm³/mol. The summed E-state index contributed by atoms with van der Waals surface area (Å²) in [5.74, 6) is 1.38. The first-order valence-electron chi connectivity index (χ1n) is 11.5. The lowest BCUT2D eigenvalue weighted by Crippen LogP contribution is -2.24. The number of carbonyl (C=O) groups excluding carboxylic acids is 2. The monoisotopic (exact) mass is 445 g/mol. The second-order valence-electron chi connectivity index (χ2n) is 9.28. The number of ether oxygens (including phenoxy) is 2. The van der Waals surface area contributed by atoms with Crippen LogP contribution in [0.4, 0.5) is 5.69 Å². The van der Waals surface area contributed by atoms with Gasteiger partial charge in [0.2, 0.25) is 0 Å². The molecule has 0 saturated carbocycles. The molecular formula is C28H31NO4. The van der Waals surface area contributed by atoms with Crippen molar-refractivity contribution in [2.24, 2.45) is 0 Å². The highest BCUT2D eigenvalue weighted by Gasteiger charge is 2.37. The van der Waals surface area contributed by atoms with Gasteiger partial charge < -0.3 is 14.4 Å². The van der Waals surface area contributed by atoms with Crippen molar-refractivity contribution in [2.75, 3.05) is 4.90 Å². The Balaban J connectivity index is 1.89. The Morgan fingerprint density at radius 2 is 1.58 bits per heavy atom. The first-order chi connectivity index (χ1) is 15.7. The summed E-state index contributed by atoms with van der Waals surface area (Å²) in [7, 11) is 0. The number of rotatable bonds is 7. The van der Waals surface area contributed by atoms with Crippen LogP contribution in [0.1, 0.15) is 61.7 Å². The Morgan fingerprint density at radius 3 is 2.15 bits per heavy atom. The van der Waals surface area contributed by atoms with Crippen molar-refractivity contribution in [3.8, 4) is 11.5 Å². The van der Waals surface area contributed by atoms with Crippen LogP contribution in [-0.4, -0.2) is 23.9 Å². The van der Waals surface area contributed by atoms with Gasteiger partial charge in [0.25, 0.3) is 5.91 Å². The predicted octanol–water partition coefficient (Wildman–Crippen LogP) is 6.01. The molecule has 0 fully saturated rings. The maximum absolute atomic E-state index is 13.8. The van der Waals surface area contributed by atoms with Crippen molar-refractivity contribution in [1.29, 1.82) is 0 Å². The molecule has 1 aliphatic rings. The van der Waals surface area contributed by atoms with Crippen molar-refractivity contribution >= 4 is 28.2 Å². The molecule has 0 unspecified atom stereocenters. The van der Waals surface area contributed by atoms with Crippen molar-refractivity contribution in [2.45, 2.75) is 66.7 Å². The SMILES string of the molecule is CC(=O)Cc1ccc(N2Cc3c(c(OC(C)C)c4ccccc4c3OC(C)C)C2=O)c(C)c1. The zero-order valence-corrected chi connectivity index (χ0v) is 20.2. The fraction of sp³-hybridized carbons (Fsp3) is 0.357. The fourth-order valence-corrected chi connectivity index (χ4v) is 4.51. The number of hydrogen-bond acceptors (Lipinski definition) is 4. The molecule has 1 heterocycles. The number of fused-ring (bicyclic) bond motifs is 2. The molecule has 0 aliphatic carbocycles. The molecule has 0 atom stereocenters. The molecule has 33 heavy (non-hydrogen) atoms. The van der Waals surface area contributed by atoms with E-state index in [1.54, 1.807) is 11.8 Å². The quantitative estimate of drug-likeness (QED) is 0.447. The maximum Gasteiger partial charge on any atom is 0.262 e. The Bertz CT molecular complexity index is 1240. The van der Waals surface area contributed by atoms with E-state index in [1.165, 1.54) is 0 Å². The van der Waals surface area contributed by atoms with Gasteiger partial charge in [-0.15, -0.1) is 0 Å². The van der Waals surface area contributed by atoms with E-state index in [2.05, 4.69) is 0 Å². The molecule has 3 aromatic rings. The Morgan fingerprint density at radius 1 is 0.970 bits per heavy atom. The van der Waals surface area contributed by atoms with Gasteiger partial charge in [0, 0.05) is 28.4 Å².